The molecule has 4 heteroatoms. The molecule has 0 aromatic carbocycles. The molecule has 0 aromatic heterocycles. The topological polar surface area (TPSA) is 62.4 Å². The van der Waals surface area contributed by atoms with Gasteiger partial charge < -0.3 is 4.84 Å². The Labute approximate surface area is 58.1 Å². The summed E-state index contributed by atoms with van der Waals surface area (Å²) in [5, 5.41) is 11.6. The van der Waals surface area contributed by atoms with Crippen molar-refractivity contribution in [3.8, 4) is 6.07 Å². The quantitative estimate of drug-likeness (QED) is 0.524. The average Bonchev–Trinajstić information content (AvgIpc) is 2.31. The van der Waals surface area contributed by atoms with Gasteiger partial charge in [-0.3, -0.25) is 0 Å². The summed E-state index contributed by atoms with van der Waals surface area (Å²) in [6, 6.07) is 1.96. The Balaban J connectivity index is 2.32. The van der Waals surface area contributed by atoms with Crippen molar-refractivity contribution in [2.75, 3.05) is 0 Å². The van der Waals surface area contributed by atoms with E-state index < -0.39 is 0 Å². The van der Waals surface area contributed by atoms with Gasteiger partial charge in [0.25, 0.3) is 0 Å². The molecular weight excluding hydrogens is 132 g/mol. The Bertz CT molecular complexity index is 214. The first-order valence-corrected chi connectivity index (χ1v) is 2.95. The van der Waals surface area contributed by atoms with Gasteiger partial charge in [0, 0.05) is 12.8 Å². The second-order valence-corrected chi connectivity index (χ2v) is 1.96. The van der Waals surface area contributed by atoms with Crippen molar-refractivity contribution in [1.82, 2.24) is 0 Å². The van der Waals surface area contributed by atoms with Crippen molar-refractivity contribution < 1.29 is 9.63 Å². The molecule has 52 valence electrons. The second-order valence-electron chi connectivity index (χ2n) is 1.96. The van der Waals surface area contributed by atoms with E-state index in [1.165, 1.54) is 0 Å². The number of rotatable bonds is 2. The zero-order chi connectivity index (χ0) is 7.40. The average molecular weight is 138 g/mol. The van der Waals surface area contributed by atoms with E-state index in [0.717, 1.165) is 0 Å². The fraction of sp³-hybridized carbons (Fsp3) is 0.500. The number of nitriles is 1. The molecule has 0 saturated carbocycles. The maximum Gasteiger partial charge on any atom is 0.340 e. The van der Waals surface area contributed by atoms with Crippen molar-refractivity contribution in [2.24, 2.45) is 5.16 Å². The van der Waals surface area contributed by atoms with E-state index in [1.807, 2.05) is 6.07 Å². The number of nitrogens with zero attached hydrogens (tertiary/aromatic N) is 2. The minimum absolute atomic E-state index is 0.252. The maximum atomic E-state index is 10.4. The van der Waals surface area contributed by atoms with E-state index in [1.54, 1.807) is 0 Å². The molecular formula is C6H6N2O2. The summed E-state index contributed by atoms with van der Waals surface area (Å²) < 4.78 is 0. The Morgan fingerprint density at radius 2 is 2.60 bits per heavy atom. The van der Waals surface area contributed by atoms with Crippen LogP contribution < -0.4 is 0 Å². The predicted molar refractivity (Wildman–Crippen MR) is 33.0 cm³/mol. The van der Waals surface area contributed by atoms with Crippen LogP contribution in [-0.4, -0.2) is 11.7 Å². The molecule has 0 radical (unpaired) electrons. The molecule has 1 rings (SSSR count). The summed E-state index contributed by atoms with van der Waals surface area (Å²) in [4.78, 5) is 14.7. The third kappa shape index (κ3) is 1.55. The molecule has 0 amide bonds. The van der Waals surface area contributed by atoms with Crippen LogP contribution in [0.5, 0.6) is 0 Å². The molecule has 0 unspecified atom stereocenters. The summed E-state index contributed by atoms with van der Waals surface area (Å²) in [7, 11) is 0. The van der Waals surface area contributed by atoms with Crippen LogP contribution >= 0.6 is 0 Å². The number of carbonyl (C=O) groups is 1. The lowest BCUT2D eigenvalue weighted by atomic mass is 10.2. The van der Waals surface area contributed by atoms with Crippen molar-refractivity contribution >= 4 is 11.7 Å². The lowest BCUT2D eigenvalue weighted by molar-refractivity contribution is -0.140. The predicted octanol–water partition coefficient (Wildman–Crippen LogP) is 0.593. The van der Waals surface area contributed by atoms with E-state index in [0.29, 0.717) is 18.6 Å². The molecule has 0 bridgehead atoms. The Morgan fingerprint density at radius 1 is 1.80 bits per heavy atom. The summed E-state index contributed by atoms with van der Waals surface area (Å²) in [5.41, 5.74) is 0.673. The van der Waals surface area contributed by atoms with Crippen LogP contribution in [0.1, 0.15) is 19.3 Å². The van der Waals surface area contributed by atoms with Crippen LogP contribution in [0.15, 0.2) is 5.16 Å². The van der Waals surface area contributed by atoms with Gasteiger partial charge in [-0.1, -0.05) is 5.16 Å². The molecule has 1 aliphatic rings. The minimum atomic E-state index is -0.326. The molecule has 1 heterocycles. The summed E-state index contributed by atoms with van der Waals surface area (Å²) >= 11 is 0. The molecule has 0 fully saturated rings. The molecule has 4 nitrogen and oxygen atoms in total. The number of hydrogen-bond acceptors (Lipinski definition) is 4. The van der Waals surface area contributed by atoms with Gasteiger partial charge in [-0.25, -0.2) is 4.79 Å². The van der Waals surface area contributed by atoms with Gasteiger partial charge in [0.2, 0.25) is 0 Å². The van der Waals surface area contributed by atoms with E-state index in [4.69, 9.17) is 5.26 Å². The summed E-state index contributed by atoms with van der Waals surface area (Å²) in [6.07, 6.45) is 1.19. The van der Waals surface area contributed by atoms with Crippen molar-refractivity contribution in [3.05, 3.63) is 0 Å². The zero-order valence-corrected chi connectivity index (χ0v) is 5.33. The SMILES string of the molecule is N#CCCC1=NOC(=O)C1. The van der Waals surface area contributed by atoms with Crippen molar-refractivity contribution in [3.63, 3.8) is 0 Å². The summed E-state index contributed by atoms with van der Waals surface area (Å²) in [5.74, 6) is -0.326. The minimum Gasteiger partial charge on any atom is -0.318 e. The van der Waals surface area contributed by atoms with Crippen LogP contribution in [0.25, 0.3) is 0 Å². The third-order valence-electron chi connectivity index (χ3n) is 1.15. The van der Waals surface area contributed by atoms with E-state index in [-0.39, 0.29) is 12.4 Å². The highest BCUT2D eigenvalue weighted by Gasteiger charge is 2.15. The second kappa shape index (κ2) is 2.97. The summed E-state index contributed by atoms with van der Waals surface area (Å²) in [6.45, 7) is 0. The van der Waals surface area contributed by atoms with Gasteiger partial charge in [0.05, 0.1) is 18.2 Å². The van der Waals surface area contributed by atoms with E-state index >= 15 is 0 Å². The third-order valence-corrected chi connectivity index (χ3v) is 1.15. The van der Waals surface area contributed by atoms with Gasteiger partial charge >= 0.3 is 5.97 Å². The van der Waals surface area contributed by atoms with Gasteiger partial charge in [-0.15, -0.1) is 0 Å². The molecule has 10 heavy (non-hydrogen) atoms. The van der Waals surface area contributed by atoms with Crippen LogP contribution in [0.2, 0.25) is 0 Å². The first-order chi connectivity index (χ1) is 4.83. The monoisotopic (exact) mass is 138 g/mol. The van der Waals surface area contributed by atoms with Crippen LogP contribution in [0.3, 0.4) is 0 Å². The fourth-order valence-electron chi connectivity index (χ4n) is 0.681. The first kappa shape index (κ1) is 6.75. The Kier molecular flexibility index (Phi) is 2.00. The standard InChI is InChI=1S/C6H6N2O2/c7-3-1-2-5-4-6(9)10-8-5/h1-2,4H2. The normalized spacial score (nSPS) is 15.9. The van der Waals surface area contributed by atoms with Gasteiger partial charge in [0.15, 0.2) is 0 Å². The molecule has 0 saturated heterocycles. The Hall–Kier alpha value is -1.37. The van der Waals surface area contributed by atoms with Crippen LogP contribution in [-0.2, 0) is 9.63 Å². The van der Waals surface area contributed by atoms with Gasteiger partial charge in [-0.05, 0) is 0 Å². The zero-order valence-electron chi connectivity index (χ0n) is 5.33. The van der Waals surface area contributed by atoms with Crippen molar-refractivity contribution in [2.45, 2.75) is 19.3 Å². The van der Waals surface area contributed by atoms with Gasteiger partial charge in [0.1, 0.15) is 0 Å². The lowest BCUT2D eigenvalue weighted by Gasteiger charge is -1.85. The smallest absolute Gasteiger partial charge is 0.318 e. The Morgan fingerprint density at radius 3 is 3.10 bits per heavy atom. The highest BCUT2D eigenvalue weighted by molar-refractivity contribution is 6.01. The number of oxime groups is 1. The largest absolute Gasteiger partial charge is 0.340 e. The molecule has 0 atom stereocenters. The maximum absolute atomic E-state index is 10.4. The number of hydrogen-bond donors (Lipinski definition) is 0. The van der Waals surface area contributed by atoms with E-state index in [2.05, 4.69) is 9.99 Å². The molecule has 1 aliphatic heterocycles. The highest BCUT2D eigenvalue weighted by Crippen LogP contribution is 2.06. The molecule has 0 aliphatic carbocycles. The first-order valence-electron chi connectivity index (χ1n) is 2.95. The fourth-order valence-corrected chi connectivity index (χ4v) is 0.681. The molecule has 0 N–H and O–H groups in total. The van der Waals surface area contributed by atoms with Crippen LogP contribution in [0, 0.1) is 11.3 Å². The van der Waals surface area contributed by atoms with E-state index in [9.17, 15) is 4.79 Å². The van der Waals surface area contributed by atoms with Gasteiger partial charge in [-0.2, -0.15) is 5.26 Å². The van der Waals surface area contributed by atoms with Crippen LogP contribution in [0.4, 0.5) is 0 Å². The lowest BCUT2D eigenvalue weighted by Crippen LogP contribution is -1.97. The molecule has 0 spiro atoms. The highest BCUT2D eigenvalue weighted by atomic mass is 16.7. The number of carbonyl (C=O) groups excluding carboxylic acids is 1. The molecule has 0 aromatic rings. The van der Waals surface area contributed by atoms with Crippen molar-refractivity contribution in [1.29, 1.82) is 5.26 Å².